The van der Waals surface area contributed by atoms with Gasteiger partial charge in [-0.15, -0.1) is 6.58 Å². The van der Waals surface area contributed by atoms with Crippen LogP contribution in [0.1, 0.15) is 67.7 Å². The Morgan fingerprint density at radius 1 is 0.939 bits per heavy atom. The largest absolute Gasteiger partial charge is 0.392 e. The SMILES string of the molecule is C=C(C)CCCCCc1ccccc1C(=C)C1C(=O)OC(=O)C1C1=CC(C)c2ccccc21. The van der Waals surface area contributed by atoms with E-state index in [1.54, 1.807) is 0 Å². The highest BCUT2D eigenvalue weighted by atomic mass is 16.6. The van der Waals surface area contributed by atoms with Crippen LogP contribution in [0.4, 0.5) is 0 Å². The molecule has 3 unspecified atom stereocenters. The summed E-state index contributed by atoms with van der Waals surface area (Å²) in [5, 5.41) is 0. The minimum Gasteiger partial charge on any atom is -0.392 e. The number of cyclic esters (lactones) is 2. The average molecular weight is 441 g/mol. The molecule has 2 aliphatic rings. The first-order chi connectivity index (χ1) is 15.9. The fraction of sp³-hybridized carbons (Fsp3) is 0.333. The minimum atomic E-state index is -0.702. The highest BCUT2D eigenvalue weighted by Gasteiger charge is 2.49. The summed E-state index contributed by atoms with van der Waals surface area (Å²) in [5.74, 6) is -2.13. The Morgan fingerprint density at radius 2 is 1.67 bits per heavy atom. The van der Waals surface area contributed by atoms with E-state index < -0.39 is 23.8 Å². The molecule has 33 heavy (non-hydrogen) atoms. The molecule has 0 saturated carbocycles. The molecular formula is C30H32O3. The van der Waals surface area contributed by atoms with Crippen molar-refractivity contribution in [3.05, 3.63) is 95.6 Å². The van der Waals surface area contributed by atoms with Gasteiger partial charge in [0.15, 0.2) is 0 Å². The molecule has 0 bridgehead atoms. The van der Waals surface area contributed by atoms with Crippen LogP contribution in [0.2, 0.25) is 0 Å². The first-order valence-corrected chi connectivity index (χ1v) is 11.9. The summed E-state index contributed by atoms with van der Waals surface area (Å²) in [7, 11) is 0. The second kappa shape index (κ2) is 9.74. The quantitative estimate of drug-likeness (QED) is 0.184. The number of carbonyl (C=O) groups is 2. The molecule has 1 aliphatic carbocycles. The number of esters is 2. The molecule has 1 fully saturated rings. The fourth-order valence-electron chi connectivity index (χ4n) is 5.16. The van der Waals surface area contributed by atoms with E-state index in [1.165, 1.54) is 11.1 Å². The van der Waals surface area contributed by atoms with Crippen molar-refractivity contribution in [2.45, 2.75) is 51.9 Å². The first kappa shape index (κ1) is 23.0. The van der Waals surface area contributed by atoms with E-state index in [2.05, 4.69) is 45.2 Å². The number of aryl methyl sites for hydroxylation is 1. The van der Waals surface area contributed by atoms with Crippen molar-refractivity contribution in [2.75, 3.05) is 0 Å². The Hall–Kier alpha value is -3.20. The molecule has 0 amide bonds. The highest BCUT2D eigenvalue weighted by molar-refractivity contribution is 6.09. The molecule has 3 heteroatoms. The molecule has 0 N–H and O–H groups in total. The lowest BCUT2D eigenvalue weighted by atomic mass is 9.78. The number of fused-ring (bicyclic) bond motifs is 1. The van der Waals surface area contributed by atoms with Gasteiger partial charge in [-0.2, -0.15) is 0 Å². The molecule has 1 saturated heterocycles. The normalized spacial score (nSPS) is 21.5. The second-order valence-electron chi connectivity index (χ2n) is 9.39. The van der Waals surface area contributed by atoms with Crippen LogP contribution in [0, 0.1) is 11.8 Å². The van der Waals surface area contributed by atoms with Crippen molar-refractivity contribution in [3.8, 4) is 0 Å². The Labute approximate surface area is 196 Å². The van der Waals surface area contributed by atoms with Gasteiger partial charge in [-0.1, -0.05) is 80.1 Å². The number of ether oxygens (including phenoxy) is 1. The Morgan fingerprint density at radius 3 is 2.45 bits per heavy atom. The molecule has 4 rings (SSSR count). The van der Waals surface area contributed by atoms with Gasteiger partial charge in [0.25, 0.3) is 0 Å². The molecule has 0 radical (unpaired) electrons. The van der Waals surface area contributed by atoms with Gasteiger partial charge < -0.3 is 4.74 Å². The lowest BCUT2D eigenvalue weighted by Gasteiger charge is -2.20. The molecule has 2 aromatic carbocycles. The maximum Gasteiger partial charge on any atom is 0.322 e. The van der Waals surface area contributed by atoms with Crippen LogP contribution < -0.4 is 0 Å². The van der Waals surface area contributed by atoms with Gasteiger partial charge in [0.2, 0.25) is 0 Å². The maximum absolute atomic E-state index is 12.9. The Bertz CT molecular complexity index is 1140. The van der Waals surface area contributed by atoms with E-state index in [0.29, 0.717) is 5.57 Å². The van der Waals surface area contributed by atoms with E-state index in [1.807, 2.05) is 36.4 Å². The maximum atomic E-state index is 12.9. The lowest BCUT2D eigenvalue weighted by molar-refractivity contribution is -0.153. The molecule has 1 heterocycles. The monoisotopic (exact) mass is 440 g/mol. The van der Waals surface area contributed by atoms with Crippen molar-refractivity contribution >= 4 is 23.1 Å². The van der Waals surface area contributed by atoms with Crippen LogP contribution in [0.5, 0.6) is 0 Å². The zero-order valence-corrected chi connectivity index (χ0v) is 19.6. The van der Waals surface area contributed by atoms with Crippen LogP contribution in [0.15, 0.2) is 73.3 Å². The molecule has 0 aromatic heterocycles. The minimum absolute atomic E-state index is 0.195. The van der Waals surface area contributed by atoms with Crippen molar-refractivity contribution in [1.29, 1.82) is 0 Å². The number of unbranched alkanes of at least 4 members (excludes halogenated alkanes) is 2. The van der Waals surface area contributed by atoms with Gasteiger partial charge in [-0.05, 0) is 66.0 Å². The van der Waals surface area contributed by atoms with E-state index in [9.17, 15) is 9.59 Å². The molecule has 3 atom stereocenters. The first-order valence-electron chi connectivity index (χ1n) is 11.9. The van der Waals surface area contributed by atoms with Crippen LogP contribution in [0.3, 0.4) is 0 Å². The number of hydrogen-bond donors (Lipinski definition) is 0. The molecule has 170 valence electrons. The van der Waals surface area contributed by atoms with Crippen LogP contribution in [-0.2, 0) is 20.7 Å². The van der Waals surface area contributed by atoms with Crippen molar-refractivity contribution in [3.63, 3.8) is 0 Å². The third-order valence-corrected chi connectivity index (χ3v) is 6.86. The van der Waals surface area contributed by atoms with Gasteiger partial charge >= 0.3 is 11.9 Å². The van der Waals surface area contributed by atoms with E-state index in [-0.39, 0.29) is 5.92 Å². The molecular weight excluding hydrogens is 408 g/mol. The van der Waals surface area contributed by atoms with Gasteiger partial charge in [0.1, 0.15) is 5.92 Å². The van der Waals surface area contributed by atoms with E-state index in [0.717, 1.165) is 54.4 Å². The lowest BCUT2D eigenvalue weighted by Crippen LogP contribution is -2.21. The Balaban J connectivity index is 1.59. The van der Waals surface area contributed by atoms with Crippen LogP contribution >= 0.6 is 0 Å². The third-order valence-electron chi connectivity index (χ3n) is 6.86. The topological polar surface area (TPSA) is 43.4 Å². The number of allylic oxidation sites excluding steroid dienone is 2. The summed E-state index contributed by atoms with van der Waals surface area (Å²) >= 11 is 0. The average Bonchev–Trinajstić information content (AvgIpc) is 3.28. The number of benzene rings is 2. The highest BCUT2D eigenvalue weighted by Crippen LogP contribution is 2.47. The molecule has 3 nitrogen and oxygen atoms in total. The summed E-state index contributed by atoms with van der Waals surface area (Å²) in [4.78, 5) is 25.8. The van der Waals surface area contributed by atoms with Crippen molar-refractivity contribution in [1.82, 2.24) is 0 Å². The molecule has 1 aliphatic heterocycles. The number of hydrogen-bond acceptors (Lipinski definition) is 3. The predicted molar refractivity (Wildman–Crippen MR) is 133 cm³/mol. The van der Waals surface area contributed by atoms with Gasteiger partial charge in [0.05, 0.1) is 5.92 Å². The van der Waals surface area contributed by atoms with Crippen LogP contribution in [-0.4, -0.2) is 11.9 Å². The molecule has 0 spiro atoms. The zero-order chi connectivity index (χ0) is 23.5. The van der Waals surface area contributed by atoms with E-state index in [4.69, 9.17) is 4.74 Å². The van der Waals surface area contributed by atoms with Crippen LogP contribution in [0.25, 0.3) is 11.1 Å². The predicted octanol–water partition coefficient (Wildman–Crippen LogP) is 6.90. The molecule has 2 aromatic rings. The summed E-state index contributed by atoms with van der Waals surface area (Å²) in [6, 6.07) is 16.2. The van der Waals surface area contributed by atoms with E-state index >= 15 is 0 Å². The second-order valence-corrected chi connectivity index (χ2v) is 9.39. The summed E-state index contributed by atoms with van der Waals surface area (Å²) in [6.07, 6.45) is 7.39. The van der Waals surface area contributed by atoms with Crippen molar-refractivity contribution in [2.24, 2.45) is 11.8 Å². The third kappa shape index (κ3) is 4.64. The van der Waals surface area contributed by atoms with Gasteiger partial charge in [0, 0.05) is 5.92 Å². The summed E-state index contributed by atoms with van der Waals surface area (Å²) in [5.41, 5.74) is 7.11. The summed E-state index contributed by atoms with van der Waals surface area (Å²) in [6.45, 7) is 12.5. The standard InChI is InChI=1S/C30H32O3/c1-19(2)12-6-5-7-13-22-14-8-9-16-24(22)21(4)27-28(30(32)33-29(27)31)26-18-20(3)23-15-10-11-17-25(23)26/h8-11,14-18,20,27-28H,1,4-7,12-13H2,2-3H3. The Kier molecular flexibility index (Phi) is 6.78. The van der Waals surface area contributed by atoms with Gasteiger partial charge in [-0.3, -0.25) is 9.59 Å². The zero-order valence-electron chi connectivity index (χ0n) is 19.6. The smallest absolute Gasteiger partial charge is 0.322 e. The summed E-state index contributed by atoms with van der Waals surface area (Å²) < 4.78 is 5.18. The number of rotatable bonds is 9. The van der Waals surface area contributed by atoms with Gasteiger partial charge in [-0.25, -0.2) is 0 Å². The van der Waals surface area contributed by atoms with Crippen molar-refractivity contribution < 1.29 is 14.3 Å². The number of carbonyl (C=O) groups excluding carboxylic acids is 2. The fourth-order valence-corrected chi connectivity index (χ4v) is 5.16.